The zero-order valence-electron chi connectivity index (χ0n) is 10.0. The number of halogens is 3. The molecule has 0 aliphatic heterocycles. The van der Waals surface area contributed by atoms with Crippen molar-refractivity contribution < 1.29 is 21.6 Å². The number of hydrogen-bond donors (Lipinski definition) is 3. The summed E-state index contributed by atoms with van der Waals surface area (Å²) in [5.41, 5.74) is 5.57. The third kappa shape index (κ3) is 4.95. The average molecular weight is 297 g/mol. The molecule has 1 aromatic rings. The minimum atomic E-state index is -4.35. The van der Waals surface area contributed by atoms with Crippen molar-refractivity contribution in [3.63, 3.8) is 0 Å². The van der Waals surface area contributed by atoms with E-state index in [4.69, 9.17) is 10.9 Å². The van der Waals surface area contributed by atoms with E-state index in [-0.39, 0.29) is 16.3 Å². The van der Waals surface area contributed by atoms with E-state index in [2.05, 4.69) is 5.32 Å². The molecule has 1 rings (SSSR count). The van der Waals surface area contributed by atoms with E-state index in [1.807, 2.05) is 0 Å². The van der Waals surface area contributed by atoms with Crippen LogP contribution in [0, 0.1) is 0 Å². The molecule has 0 aromatic heterocycles. The van der Waals surface area contributed by atoms with Gasteiger partial charge in [-0.25, -0.2) is 13.6 Å². The van der Waals surface area contributed by atoms with Crippen LogP contribution in [0.4, 0.5) is 24.5 Å². The minimum absolute atomic E-state index is 0.00606. The predicted octanol–water partition coefficient (Wildman–Crippen LogP) is 1.67. The van der Waals surface area contributed by atoms with Gasteiger partial charge in [0.25, 0.3) is 0 Å². The molecule has 1 unspecified atom stereocenters. The number of alkyl halides is 3. The Morgan fingerprint density at radius 3 is 2.42 bits per heavy atom. The summed E-state index contributed by atoms with van der Waals surface area (Å²) in [6.07, 6.45) is -5.44. The quantitative estimate of drug-likeness (QED) is 0.736. The number of sulfonamides is 1. The smallest absolute Gasteiger partial charge is 0.391 e. The molecule has 1 atom stereocenters. The van der Waals surface area contributed by atoms with Crippen LogP contribution in [0.3, 0.4) is 0 Å². The molecular formula is C10H14F3N3O2S. The maximum atomic E-state index is 12.2. The summed E-state index contributed by atoms with van der Waals surface area (Å²) in [5, 5.41) is 7.45. The van der Waals surface area contributed by atoms with E-state index in [9.17, 15) is 21.6 Å². The summed E-state index contributed by atoms with van der Waals surface area (Å²) in [4.78, 5) is -0.332. The van der Waals surface area contributed by atoms with E-state index < -0.39 is 28.7 Å². The lowest BCUT2D eigenvalue weighted by Gasteiger charge is -2.19. The van der Waals surface area contributed by atoms with E-state index in [0.29, 0.717) is 0 Å². The molecule has 1 aromatic carbocycles. The summed E-state index contributed by atoms with van der Waals surface area (Å²) in [5.74, 6) is 0. The Morgan fingerprint density at radius 1 is 1.37 bits per heavy atom. The number of nitrogens with two attached hydrogens (primary N) is 2. The summed E-state index contributed by atoms with van der Waals surface area (Å²) in [6.45, 7) is 1.29. The first-order chi connectivity index (χ1) is 8.49. The number of anilines is 2. The van der Waals surface area contributed by atoms with Crippen molar-refractivity contribution in [2.75, 3.05) is 11.1 Å². The molecule has 0 saturated heterocycles. The lowest BCUT2D eigenvalue weighted by molar-refractivity contribution is -0.136. The summed E-state index contributed by atoms with van der Waals surface area (Å²) < 4.78 is 59.3. The maximum absolute atomic E-state index is 12.2. The zero-order valence-corrected chi connectivity index (χ0v) is 10.8. The molecule has 0 aliphatic rings. The highest BCUT2D eigenvalue weighted by Crippen LogP contribution is 2.27. The normalized spacial score (nSPS) is 14.2. The van der Waals surface area contributed by atoms with E-state index >= 15 is 0 Å². The van der Waals surface area contributed by atoms with Crippen LogP contribution in [0.25, 0.3) is 0 Å². The molecular weight excluding hydrogens is 283 g/mol. The highest BCUT2D eigenvalue weighted by Gasteiger charge is 2.30. The van der Waals surface area contributed by atoms with Crippen LogP contribution in [-0.4, -0.2) is 20.6 Å². The van der Waals surface area contributed by atoms with Gasteiger partial charge in [-0.05, 0) is 25.1 Å². The largest absolute Gasteiger partial charge is 0.399 e. The van der Waals surface area contributed by atoms with Crippen LogP contribution < -0.4 is 16.2 Å². The van der Waals surface area contributed by atoms with Crippen molar-refractivity contribution in [1.82, 2.24) is 0 Å². The molecule has 0 radical (unpaired) electrons. The number of primary sulfonamides is 1. The van der Waals surface area contributed by atoms with Crippen molar-refractivity contribution >= 4 is 21.4 Å². The van der Waals surface area contributed by atoms with Crippen LogP contribution >= 0.6 is 0 Å². The highest BCUT2D eigenvalue weighted by molar-refractivity contribution is 7.89. The van der Waals surface area contributed by atoms with Crippen molar-refractivity contribution in [2.24, 2.45) is 5.14 Å². The van der Waals surface area contributed by atoms with Gasteiger partial charge in [0.2, 0.25) is 10.0 Å². The zero-order chi connectivity index (χ0) is 14.8. The van der Waals surface area contributed by atoms with Crippen molar-refractivity contribution in [3.8, 4) is 0 Å². The van der Waals surface area contributed by atoms with Gasteiger partial charge in [-0.15, -0.1) is 0 Å². The van der Waals surface area contributed by atoms with Crippen molar-refractivity contribution in [1.29, 1.82) is 0 Å². The van der Waals surface area contributed by atoms with Crippen LogP contribution in [-0.2, 0) is 10.0 Å². The average Bonchev–Trinajstić information content (AvgIpc) is 2.16. The van der Waals surface area contributed by atoms with Crippen molar-refractivity contribution in [3.05, 3.63) is 18.2 Å². The molecule has 19 heavy (non-hydrogen) atoms. The summed E-state index contributed by atoms with van der Waals surface area (Å²) in [6, 6.07) is 2.75. The van der Waals surface area contributed by atoms with Gasteiger partial charge in [0.05, 0.1) is 12.1 Å². The second-order valence-electron chi connectivity index (χ2n) is 4.17. The minimum Gasteiger partial charge on any atom is -0.399 e. The Morgan fingerprint density at radius 2 is 1.95 bits per heavy atom. The van der Waals surface area contributed by atoms with Gasteiger partial charge in [0, 0.05) is 11.7 Å². The summed E-state index contributed by atoms with van der Waals surface area (Å²) >= 11 is 0. The van der Waals surface area contributed by atoms with Gasteiger partial charge >= 0.3 is 6.18 Å². The molecule has 0 spiro atoms. The first-order valence-corrected chi connectivity index (χ1v) is 6.79. The van der Waals surface area contributed by atoms with Crippen LogP contribution in [0.15, 0.2) is 23.1 Å². The van der Waals surface area contributed by atoms with E-state index in [1.54, 1.807) is 0 Å². The highest BCUT2D eigenvalue weighted by atomic mass is 32.2. The SMILES string of the molecule is CC(CC(F)(F)F)Nc1ccc(N)cc1S(N)(=O)=O. The monoisotopic (exact) mass is 297 g/mol. The summed E-state index contributed by atoms with van der Waals surface area (Å²) in [7, 11) is -4.07. The fourth-order valence-corrected chi connectivity index (χ4v) is 2.29. The van der Waals surface area contributed by atoms with Crippen molar-refractivity contribution in [2.45, 2.75) is 30.5 Å². The predicted molar refractivity (Wildman–Crippen MR) is 66.0 cm³/mol. The topological polar surface area (TPSA) is 98.2 Å². The van der Waals surface area contributed by atoms with Crippen LogP contribution in [0.5, 0.6) is 0 Å². The van der Waals surface area contributed by atoms with Gasteiger partial charge in [-0.3, -0.25) is 0 Å². The molecule has 9 heteroatoms. The number of rotatable bonds is 4. The molecule has 0 fully saturated rings. The Bertz CT molecular complexity index is 558. The van der Waals surface area contributed by atoms with E-state index in [1.165, 1.54) is 19.1 Å². The fraction of sp³-hybridized carbons (Fsp3) is 0.400. The molecule has 0 bridgehead atoms. The maximum Gasteiger partial charge on any atom is 0.391 e. The van der Waals surface area contributed by atoms with Crippen LogP contribution in [0.2, 0.25) is 0 Å². The third-order valence-electron chi connectivity index (χ3n) is 2.25. The Labute approximate surface area is 108 Å². The number of hydrogen-bond acceptors (Lipinski definition) is 4. The molecule has 5 N–H and O–H groups in total. The second kappa shape index (κ2) is 5.25. The second-order valence-corrected chi connectivity index (χ2v) is 5.70. The molecule has 0 heterocycles. The number of nitrogens with one attached hydrogen (secondary N) is 1. The Hall–Kier alpha value is -1.48. The Balaban J connectivity index is 3.02. The molecule has 0 saturated carbocycles. The Kier molecular flexibility index (Phi) is 4.31. The third-order valence-corrected chi connectivity index (χ3v) is 3.20. The van der Waals surface area contributed by atoms with Gasteiger partial charge in [0.1, 0.15) is 4.90 Å². The lowest BCUT2D eigenvalue weighted by atomic mass is 10.2. The van der Waals surface area contributed by atoms with Gasteiger partial charge in [-0.1, -0.05) is 0 Å². The molecule has 5 nitrogen and oxygen atoms in total. The fourth-order valence-electron chi connectivity index (χ4n) is 1.56. The van der Waals surface area contributed by atoms with Crippen LogP contribution in [0.1, 0.15) is 13.3 Å². The first-order valence-electron chi connectivity index (χ1n) is 5.24. The molecule has 0 amide bonds. The van der Waals surface area contributed by atoms with E-state index in [0.717, 1.165) is 6.07 Å². The van der Waals surface area contributed by atoms with Gasteiger partial charge in [0.15, 0.2) is 0 Å². The first kappa shape index (κ1) is 15.6. The molecule has 0 aliphatic carbocycles. The van der Waals surface area contributed by atoms with Gasteiger partial charge < -0.3 is 11.1 Å². The number of nitrogen functional groups attached to an aromatic ring is 1. The lowest BCUT2D eigenvalue weighted by Crippen LogP contribution is -2.25. The standard InChI is InChI=1S/C10H14F3N3O2S/c1-6(5-10(11,12)13)16-8-3-2-7(14)4-9(8)19(15,17)18/h2-4,6,16H,5,14H2,1H3,(H2,15,17,18). The number of benzene rings is 1. The van der Waals surface area contributed by atoms with Gasteiger partial charge in [-0.2, -0.15) is 13.2 Å². The molecule has 108 valence electrons.